The molecule has 0 spiro atoms. The Bertz CT molecular complexity index is 1290. The SMILES string of the molecule is COCCCN(CC(=O)N1CCc2sccc2[C@H]1COc1ccc(F)cc1)S(=O)(=O)c1ccc(C)cc1. The number of carbonyl (C=O) groups is 1. The van der Waals surface area contributed by atoms with Gasteiger partial charge in [-0.3, -0.25) is 4.79 Å². The lowest BCUT2D eigenvalue weighted by Gasteiger charge is -2.37. The second-order valence-corrected chi connectivity index (χ2v) is 11.9. The van der Waals surface area contributed by atoms with Gasteiger partial charge in [0.25, 0.3) is 0 Å². The van der Waals surface area contributed by atoms with Crippen LogP contribution in [0.3, 0.4) is 0 Å². The summed E-state index contributed by atoms with van der Waals surface area (Å²) in [6.45, 7) is 2.77. The van der Waals surface area contributed by atoms with E-state index in [4.69, 9.17) is 9.47 Å². The van der Waals surface area contributed by atoms with Crippen LogP contribution in [0.5, 0.6) is 5.75 Å². The Balaban J connectivity index is 1.55. The third-order valence-corrected chi connectivity index (χ3v) is 9.22. The first-order chi connectivity index (χ1) is 17.8. The lowest BCUT2D eigenvalue weighted by atomic mass is 10.0. The number of nitrogens with zero attached hydrogens (tertiary/aromatic N) is 2. The molecule has 1 aliphatic rings. The number of amides is 1. The van der Waals surface area contributed by atoms with Crippen LogP contribution >= 0.6 is 11.3 Å². The molecule has 37 heavy (non-hydrogen) atoms. The number of thiophene rings is 1. The minimum absolute atomic E-state index is 0.151. The van der Waals surface area contributed by atoms with Gasteiger partial charge in [0.1, 0.15) is 18.2 Å². The van der Waals surface area contributed by atoms with E-state index in [0.29, 0.717) is 31.7 Å². The highest BCUT2D eigenvalue weighted by Gasteiger charge is 2.35. The molecule has 0 saturated heterocycles. The molecule has 4 rings (SSSR count). The number of hydrogen-bond donors (Lipinski definition) is 0. The molecule has 198 valence electrons. The van der Waals surface area contributed by atoms with Gasteiger partial charge in [0.05, 0.1) is 17.5 Å². The smallest absolute Gasteiger partial charge is 0.243 e. The maximum absolute atomic E-state index is 13.7. The largest absolute Gasteiger partial charge is 0.491 e. The number of sulfonamides is 1. The zero-order valence-electron chi connectivity index (χ0n) is 20.9. The molecule has 1 aliphatic heterocycles. The molecule has 1 amide bonds. The highest BCUT2D eigenvalue weighted by atomic mass is 32.2. The van der Waals surface area contributed by atoms with Gasteiger partial charge in [0.2, 0.25) is 15.9 Å². The van der Waals surface area contributed by atoms with Crippen molar-refractivity contribution in [2.75, 3.05) is 40.0 Å². The number of carbonyl (C=O) groups excluding carboxylic acids is 1. The Morgan fingerprint density at radius 3 is 2.57 bits per heavy atom. The number of fused-ring (bicyclic) bond motifs is 1. The molecule has 1 atom stereocenters. The average Bonchev–Trinajstić information content (AvgIpc) is 3.37. The molecule has 1 aromatic heterocycles. The number of ether oxygens (including phenoxy) is 2. The first kappa shape index (κ1) is 27.3. The molecule has 0 N–H and O–H groups in total. The highest BCUT2D eigenvalue weighted by molar-refractivity contribution is 7.89. The molecular weight excluding hydrogens is 515 g/mol. The molecule has 0 radical (unpaired) electrons. The summed E-state index contributed by atoms with van der Waals surface area (Å²) in [6.07, 6.45) is 1.15. The lowest BCUT2D eigenvalue weighted by molar-refractivity contribution is -0.135. The first-order valence-electron chi connectivity index (χ1n) is 12.1. The average molecular weight is 547 g/mol. The van der Waals surface area contributed by atoms with Crippen molar-refractivity contribution in [1.82, 2.24) is 9.21 Å². The van der Waals surface area contributed by atoms with Gasteiger partial charge < -0.3 is 14.4 Å². The highest BCUT2D eigenvalue weighted by Crippen LogP contribution is 2.34. The molecule has 2 heterocycles. The van der Waals surface area contributed by atoms with E-state index in [2.05, 4.69) is 0 Å². The van der Waals surface area contributed by atoms with Gasteiger partial charge in [-0.2, -0.15) is 4.31 Å². The van der Waals surface area contributed by atoms with Crippen molar-refractivity contribution >= 4 is 27.3 Å². The van der Waals surface area contributed by atoms with Crippen LogP contribution < -0.4 is 4.74 Å². The normalized spacial score (nSPS) is 15.6. The summed E-state index contributed by atoms with van der Waals surface area (Å²) < 4.78 is 52.6. The molecule has 0 aliphatic carbocycles. The van der Waals surface area contributed by atoms with Crippen molar-refractivity contribution in [3.63, 3.8) is 0 Å². The quantitative estimate of drug-likeness (QED) is 0.333. The topological polar surface area (TPSA) is 76.2 Å². The molecular formula is C27H31FN2O5S2. The summed E-state index contributed by atoms with van der Waals surface area (Å²) in [5, 5.41) is 1.99. The maximum Gasteiger partial charge on any atom is 0.243 e. The standard InChI is InChI=1S/C27H31FN2O5S2/c1-20-4-10-23(11-5-20)37(32,33)29(14-3-16-34-2)18-27(31)30-15-12-26-24(13-17-36-26)25(30)19-35-22-8-6-21(28)7-9-22/h4-11,13,17,25H,3,12,14-16,18-19H2,1-2H3/t25-/m1/s1. The Labute approximate surface area is 221 Å². The third-order valence-electron chi connectivity index (χ3n) is 6.36. The van der Waals surface area contributed by atoms with Crippen molar-refractivity contribution in [2.24, 2.45) is 0 Å². The maximum atomic E-state index is 13.7. The number of benzene rings is 2. The zero-order valence-corrected chi connectivity index (χ0v) is 22.6. The fourth-order valence-electron chi connectivity index (χ4n) is 4.35. The third kappa shape index (κ3) is 6.56. The Hall–Kier alpha value is -2.79. The van der Waals surface area contributed by atoms with Crippen molar-refractivity contribution in [3.8, 4) is 5.75 Å². The second kappa shape index (κ2) is 12.2. The van der Waals surface area contributed by atoms with Crippen LogP contribution in [-0.4, -0.2) is 63.5 Å². The number of rotatable bonds is 11. The molecule has 7 nitrogen and oxygen atoms in total. The molecule has 0 unspecified atom stereocenters. The van der Waals surface area contributed by atoms with Crippen molar-refractivity contribution < 1.29 is 27.1 Å². The van der Waals surface area contributed by atoms with Crippen LogP contribution in [-0.2, 0) is 26.0 Å². The summed E-state index contributed by atoms with van der Waals surface area (Å²) in [7, 11) is -2.34. The van der Waals surface area contributed by atoms with E-state index in [1.54, 1.807) is 59.7 Å². The fourth-order valence-corrected chi connectivity index (χ4v) is 6.71. The minimum Gasteiger partial charge on any atom is -0.491 e. The first-order valence-corrected chi connectivity index (χ1v) is 14.4. The number of methoxy groups -OCH3 is 1. The van der Waals surface area contributed by atoms with Crippen molar-refractivity contribution in [2.45, 2.75) is 30.7 Å². The van der Waals surface area contributed by atoms with Gasteiger partial charge in [-0.05, 0) is 73.2 Å². The van der Waals surface area contributed by atoms with Crippen molar-refractivity contribution in [3.05, 3.63) is 81.8 Å². The van der Waals surface area contributed by atoms with Gasteiger partial charge in [-0.25, -0.2) is 12.8 Å². The van der Waals surface area contributed by atoms with Gasteiger partial charge in [0.15, 0.2) is 0 Å². The van der Waals surface area contributed by atoms with Crippen LogP contribution in [0.2, 0.25) is 0 Å². The van der Waals surface area contributed by atoms with Crippen LogP contribution in [0.1, 0.15) is 28.5 Å². The van der Waals surface area contributed by atoms with Crippen LogP contribution in [0.15, 0.2) is 64.9 Å². The number of halogens is 1. The Kier molecular flexibility index (Phi) is 8.96. The van der Waals surface area contributed by atoms with E-state index in [1.165, 1.54) is 21.3 Å². The van der Waals surface area contributed by atoms with Gasteiger partial charge in [0, 0.05) is 31.7 Å². The fraction of sp³-hybridized carbons (Fsp3) is 0.370. The van der Waals surface area contributed by atoms with E-state index >= 15 is 0 Å². The lowest BCUT2D eigenvalue weighted by Crippen LogP contribution is -2.48. The van der Waals surface area contributed by atoms with Crippen LogP contribution in [0, 0.1) is 12.7 Å². The number of aryl methyl sites for hydroxylation is 1. The molecule has 0 fully saturated rings. The molecule has 0 bridgehead atoms. The Morgan fingerprint density at radius 1 is 1.14 bits per heavy atom. The molecule has 10 heteroatoms. The van der Waals surface area contributed by atoms with Gasteiger partial charge in [-0.1, -0.05) is 17.7 Å². The van der Waals surface area contributed by atoms with E-state index in [-0.39, 0.29) is 42.4 Å². The van der Waals surface area contributed by atoms with E-state index in [0.717, 1.165) is 11.1 Å². The summed E-state index contributed by atoms with van der Waals surface area (Å²) in [5.74, 6) is -0.151. The summed E-state index contributed by atoms with van der Waals surface area (Å²) >= 11 is 1.63. The zero-order chi connectivity index (χ0) is 26.4. The van der Waals surface area contributed by atoms with Crippen molar-refractivity contribution in [1.29, 1.82) is 0 Å². The summed E-state index contributed by atoms with van der Waals surface area (Å²) in [5.41, 5.74) is 1.95. The number of hydrogen-bond acceptors (Lipinski definition) is 6. The monoisotopic (exact) mass is 546 g/mol. The van der Waals surface area contributed by atoms with E-state index in [1.807, 2.05) is 18.4 Å². The summed E-state index contributed by atoms with van der Waals surface area (Å²) in [6, 6.07) is 14.0. The van der Waals surface area contributed by atoms with Crippen LogP contribution in [0.4, 0.5) is 4.39 Å². The van der Waals surface area contributed by atoms with E-state index in [9.17, 15) is 17.6 Å². The van der Waals surface area contributed by atoms with Gasteiger partial charge >= 0.3 is 0 Å². The van der Waals surface area contributed by atoms with Gasteiger partial charge in [-0.15, -0.1) is 11.3 Å². The summed E-state index contributed by atoms with van der Waals surface area (Å²) in [4.78, 5) is 16.7. The molecule has 2 aromatic carbocycles. The van der Waals surface area contributed by atoms with Crippen LogP contribution in [0.25, 0.3) is 0 Å². The predicted octanol–water partition coefficient (Wildman–Crippen LogP) is 4.43. The Morgan fingerprint density at radius 2 is 1.86 bits per heavy atom. The molecule has 0 saturated carbocycles. The predicted molar refractivity (Wildman–Crippen MR) is 141 cm³/mol. The minimum atomic E-state index is -3.89. The second-order valence-electron chi connectivity index (χ2n) is 8.91. The molecule has 3 aromatic rings. The van der Waals surface area contributed by atoms with E-state index < -0.39 is 10.0 Å².